The molecule has 0 bridgehead atoms. The maximum absolute atomic E-state index is 12.4. The number of nitrogens with one attached hydrogen (secondary N) is 1. The monoisotopic (exact) mass is 309 g/mol. The molecule has 1 unspecified atom stereocenters. The molecule has 0 amide bonds. The van der Waals surface area contributed by atoms with E-state index in [0.29, 0.717) is 18.7 Å². The van der Waals surface area contributed by atoms with Gasteiger partial charge in [0.2, 0.25) is 0 Å². The largest absolute Gasteiger partial charge is 0.417 e. The summed E-state index contributed by atoms with van der Waals surface area (Å²) in [6.45, 7) is 4.63. The fourth-order valence-electron chi connectivity index (χ4n) is 2.20. The summed E-state index contributed by atoms with van der Waals surface area (Å²) in [5, 5.41) is 3.31. The van der Waals surface area contributed by atoms with Gasteiger partial charge in [0.25, 0.3) is 0 Å². The van der Waals surface area contributed by atoms with E-state index in [1.165, 1.54) is 6.07 Å². The minimum Gasteiger partial charge on any atom is -0.308 e. The quantitative estimate of drug-likeness (QED) is 0.915. The van der Waals surface area contributed by atoms with Gasteiger partial charge in [-0.25, -0.2) is 0 Å². The topological polar surface area (TPSA) is 37.8 Å². The van der Waals surface area contributed by atoms with Crippen LogP contribution in [0.4, 0.5) is 13.2 Å². The number of alkyl halides is 3. The fourth-order valence-corrected chi connectivity index (χ4v) is 2.20. The Morgan fingerprint density at radius 1 is 1.18 bits per heavy atom. The molecule has 2 rings (SSSR count). The van der Waals surface area contributed by atoms with Crippen molar-refractivity contribution >= 4 is 0 Å². The predicted octanol–water partition coefficient (Wildman–Crippen LogP) is 3.70. The van der Waals surface area contributed by atoms with Crippen molar-refractivity contribution in [3.05, 3.63) is 59.2 Å². The standard InChI is InChI=1S/C16H18F3N3/c1-11-4-3-8-21-15(11)12(2)20-9-7-14-6-5-13(10-22-14)16(17,18)19/h3-6,8,10,12,20H,7,9H2,1-2H3. The van der Waals surface area contributed by atoms with E-state index < -0.39 is 11.7 Å². The molecule has 0 aromatic carbocycles. The van der Waals surface area contributed by atoms with Gasteiger partial charge in [-0.05, 0) is 37.6 Å². The van der Waals surface area contributed by atoms with Crippen LogP contribution in [0.15, 0.2) is 36.7 Å². The minimum absolute atomic E-state index is 0.0793. The molecule has 3 nitrogen and oxygen atoms in total. The van der Waals surface area contributed by atoms with Crippen molar-refractivity contribution in [1.82, 2.24) is 15.3 Å². The van der Waals surface area contributed by atoms with Crippen LogP contribution in [0, 0.1) is 6.92 Å². The molecule has 2 heterocycles. The van der Waals surface area contributed by atoms with Crippen LogP contribution >= 0.6 is 0 Å². The van der Waals surface area contributed by atoms with E-state index in [-0.39, 0.29) is 6.04 Å². The van der Waals surface area contributed by atoms with E-state index >= 15 is 0 Å². The van der Waals surface area contributed by atoms with Gasteiger partial charge in [0, 0.05) is 37.1 Å². The molecule has 0 saturated heterocycles. The molecule has 1 N–H and O–H groups in total. The Balaban J connectivity index is 1.87. The first kappa shape index (κ1) is 16.4. The molecular formula is C16H18F3N3. The Morgan fingerprint density at radius 3 is 2.55 bits per heavy atom. The highest BCUT2D eigenvalue weighted by atomic mass is 19.4. The number of rotatable bonds is 5. The third-order valence-corrected chi connectivity index (χ3v) is 3.44. The zero-order valence-corrected chi connectivity index (χ0v) is 12.5. The van der Waals surface area contributed by atoms with E-state index in [1.807, 2.05) is 26.0 Å². The molecule has 0 spiro atoms. The Morgan fingerprint density at radius 2 is 1.95 bits per heavy atom. The van der Waals surface area contributed by atoms with Crippen molar-refractivity contribution < 1.29 is 13.2 Å². The highest BCUT2D eigenvalue weighted by Gasteiger charge is 2.30. The molecule has 0 saturated carbocycles. The Bertz CT molecular complexity index is 609. The first-order valence-corrected chi connectivity index (χ1v) is 7.05. The second-order valence-corrected chi connectivity index (χ2v) is 5.17. The highest BCUT2D eigenvalue weighted by Crippen LogP contribution is 2.28. The maximum atomic E-state index is 12.4. The van der Waals surface area contributed by atoms with Gasteiger partial charge < -0.3 is 5.32 Å². The molecule has 118 valence electrons. The first-order valence-electron chi connectivity index (χ1n) is 7.05. The van der Waals surface area contributed by atoms with Crippen LogP contribution in [-0.2, 0) is 12.6 Å². The molecule has 0 radical (unpaired) electrons. The lowest BCUT2D eigenvalue weighted by molar-refractivity contribution is -0.137. The number of aryl methyl sites for hydroxylation is 1. The van der Waals surface area contributed by atoms with E-state index in [1.54, 1.807) is 6.20 Å². The van der Waals surface area contributed by atoms with Crippen molar-refractivity contribution in [2.75, 3.05) is 6.54 Å². The Labute approximate surface area is 127 Å². The lowest BCUT2D eigenvalue weighted by Gasteiger charge is -2.15. The van der Waals surface area contributed by atoms with Crippen LogP contribution in [0.25, 0.3) is 0 Å². The Hall–Kier alpha value is -1.95. The second kappa shape index (κ2) is 6.87. The average Bonchev–Trinajstić information content (AvgIpc) is 2.47. The fraction of sp³-hybridized carbons (Fsp3) is 0.375. The van der Waals surface area contributed by atoms with Gasteiger partial charge in [0.15, 0.2) is 0 Å². The van der Waals surface area contributed by atoms with Crippen molar-refractivity contribution in [1.29, 1.82) is 0 Å². The molecule has 0 aliphatic carbocycles. The maximum Gasteiger partial charge on any atom is 0.417 e. The average molecular weight is 309 g/mol. The first-order chi connectivity index (χ1) is 10.4. The van der Waals surface area contributed by atoms with Crippen molar-refractivity contribution in [2.45, 2.75) is 32.5 Å². The zero-order chi connectivity index (χ0) is 16.2. The number of aromatic nitrogens is 2. The molecule has 6 heteroatoms. The van der Waals surface area contributed by atoms with E-state index in [2.05, 4.69) is 15.3 Å². The summed E-state index contributed by atoms with van der Waals surface area (Å²) in [7, 11) is 0. The van der Waals surface area contributed by atoms with Crippen molar-refractivity contribution in [3.8, 4) is 0 Å². The van der Waals surface area contributed by atoms with E-state index in [0.717, 1.165) is 23.5 Å². The summed E-state index contributed by atoms with van der Waals surface area (Å²) in [5.74, 6) is 0. The number of hydrogen-bond acceptors (Lipinski definition) is 3. The third kappa shape index (κ3) is 4.27. The minimum atomic E-state index is -4.34. The van der Waals surface area contributed by atoms with Gasteiger partial charge in [-0.3, -0.25) is 9.97 Å². The van der Waals surface area contributed by atoms with Crippen LogP contribution < -0.4 is 5.32 Å². The van der Waals surface area contributed by atoms with E-state index in [4.69, 9.17) is 0 Å². The highest BCUT2D eigenvalue weighted by molar-refractivity contribution is 5.20. The Kier molecular flexibility index (Phi) is 5.13. The molecule has 1 atom stereocenters. The molecule has 0 aliphatic heterocycles. The molecule has 2 aromatic rings. The molecule has 0 fully saturated rings. The summed E-state index contributed by atoms with van der Waals surface area (Å²) in [6, 6.07) is 6.45. The summed E-state index contributed by atoms with van der Waals surface area (Å²) < 4.78 is 37.3. The summed E-state index contributed by atoms with van der Waals surface area (Å²) in [6.07, 6.45) is -1.15. The molecule has 0 aliphatic rings. The number of nitrogens with zero attached hydrogens (tertiary/aromatic N) is 2. The summed E-state index contributed by atoms with van der Waals surface area (Å²) >= 11 is 0. The SMILES string of the molecule is Cc1cccnc1C(C)NCCc1ccc(C(F)(F)F)cn1. The van der Waals surface area contributed by atoms with Crippen molar-refractivity contribution in [2.24, 2.45) is 0 Å². The predicted molar refractivity (Wildman–Crippen MR) is 78.3 cm³/mol. The lowest BCUT2D eigenvalue weighted by Crippen LogP contribution is -2.23. The molecule has 2 aromatic heterocycles. The van der Waals surface area contributed by atoms with Gasteiger partial charge in [0.05, 0.1) is 11.3 Å². The normalized spacial score (nSPS) is 13.1. The number of hydrogen-bond donors (Lipinski definition) is 1. The van der Waals surface area contributed by atoms with Crippen LogP contribution in [0.1, 0.15) is 35.5 Å². The van der Waals surface area contributed by atoms with Crippen LogP contribution in [0.2, 0.25) is 0 Å². The van der Waals surface area contributed by atoms with Crippen LogP contribution in [-0.4, -0.2) is 16.5 Å². The van der Waals surface area contributed by atoms with Gasteiger partial charge in [-0.15, -0.1) is 0 Å². The third-order valence-electron chi connectivity index (χ3n) is 3.44. The number of halogens is 3. The number of pyridine rings is 2. The van der Waals surface area contributed by atoms with Crippen molar-refractivity contribution in [3.63, 3.8) is 0 Å². The zero-order valence-electron chi connectivity index (χ0n) is 12.5. The second-order valence-electron chi connectivity index (χ2n) is 5.17. The van der Waals surface area contributed by atoms with Gasteiger partial charge in [0.1, 0.15) is 0 Å². The van der Waals surface area contributed by atoms with Gasteiger partial charge in [-0.2, -0.15) is 13.2 Å². The molecular weight excluding hydrogens is 291 g/mol. The molecule has 22 heavy (non-hydrogen) atoms. The smallest absolute Gasteiger partial charge is 0.308 e. The van der Waals surface area contributed by atoms with Gasteiger partial charge >= 0.3 is 6.18 Å². The van der Waals surface area contributed by atoms with Gasteiger partial charge in [-0.1, -0.05) is 6.07 Å². The van der Waals surface area contributed by atoms with Crippen LogP contribution in [0.3, 0.4) is 0 Å². The lowest BCUT2D eigenvalue weighted by atomic mass is 10.1. The van der Waals surface area contributed by atoms with E-state index in [9.17, 15) is 13.2 Å². The summed E-state index contributed by atoms with van der Waals surface area (Å²) in [5.41, 5.74) is 1.99. The van der Waals surface area contributed by atoms with Crippen LogP contribution in [0.5, 0.6) is 0 Å². The summed E-state index contributed by atoms with van der Waals surface area (Å²) in [4.78, 5) is 8.20.